The van der Waals surface area contributed by atoms with Crippen LogP contribution in [0.5, 0.6) is 0 Å². The van der Waals surface area contributed by atoms with Crippen LogP contribution in [0, 0.1) is 5.82 Å². The van der Waals surface area contributed by atoms with E-state index in [1.54, 1.807) is 11.9 Å². The number of amides is 1. The molecule has 0 saturated heterocycles. The van der Waals surface area contributed by atoms with Crippen LogP contribution < -0.4 is 5.32 Å². The Kier molecular flexibility index (Phi) is 5.67. The van der Waals surface area contributed by atoms with Gasteiger partial charge in [0.1, 0.15) is 0 Å². The van der Waals surface area contributed by atoms with E-state index in [4.69, 9.17) is 0 Å². The molecule has 1 aromatic rings. The Labute approximate surface area is 125 Å². The van der Waals surface area contributed by atoms with Gasteiger partial charge in [-0.15, -0.1) is 0 Å². The van der Waals surface area contributed by atoms with Gasteiger partial charge in [-0.3, -0.25) is 9.78 Å². The summed E-state index contributed by atoms with van der Waals surface area (Å²) in [5.74, 6) is -0.799. The van der Waals surface area contributed by atoms with E-state index >= 15 is 0 Å². The van der Waals surface area contributed by atoms with Crippen LogP contribution in [0.1, 0.15) is 49.4 Å². The molecule has 1 aliphatic rings. The fourth-order valence-corrected chi connectivity index (χ4v) is 2.92. The fraction of sp³-hybridized carbons (Fsp3) is 0.625. The van der Waals surface area contributed by atoms with E-state index in [1.807, 2.05) is 0 Å². The quantitative estimate of drug-likeness (QED) is 0.907. The zero-order valence-corrected chi connectivity index (χ0v) is 12.8. The van der Waals surface area contributed by atoms with Crippen molar-refractivity contribution in [3.8, 4) is 0 Å². The number of aromatic nitrogens is 1. The van der Waals surface area contributed by atoms with Crippen molar-refractivity contribution in [2.45, 2.75) is 51.1 Å². The predicted octanol–water partition coefficient (Wildman–Crippen LogP) is 2.60. The first-order valence-electron chi connectivity index (χ1n) is 7.73. The highest BCUT2D eigenvalue weighted by Crippen LogP contribution is 2.24. The smallest absolute Gasteiger partial charge is 0.256 e. The Morgan fingerprint density at radius 2 is 2.14 bits per heavy atom. The summed E-state index contributed by atoms with van der Waals surface area (Å²) in [5, 5.41) is 3.53. The summed E-state index contributed by atoms with van der Waals surface area (Å²) in [4.78, 5) is 17.7. The number of hydrogen-bond acceptors (Lipinski definition) is 3. The average Bonchev–Trinajstić information content (AvgIpc) is 2.52. The molecule has 0 unspecified atom stereocenters. The van der Waals surface area contributed by atoms with Gasteiger partial charge in [-0.05, 0) is 44.7 Å². The molecule has 0 atom stereocenters. The fourth-order valence-electron chi connectivity index (χ4n) is 2.92. The molecular weight excluding hydrogens is 269 g/mol. The van der Waals surface area contributed by atoms with Crippen LogP contribution in [-0.2, 0) is 0 Å². The van der Waals surface area contributed by atoms with Gasteiger partial charge in [0, 0.05) is 25.3 Å². The van der Waals surface area contributed by atoms with Crippen molar-refractivity contribution in [2.75, 3.05) is 13.6 Å². The second-order valence-corrected chi connectivity index (χ2v) is 5.73. The molecule has 1 aliphatic carbocycles. The third kappa shape index (κ3) is 4.00. The lowest BCUT2D eigenvalue weighted by molar-refractivity contribution is 0.0679. The van der Waals surface area contributed by atoms with Crippen LogP contribution in [0.4, 0.5) is 4.39 Å². The molecule has 1 heterocycles. The van der Waals surface area contributed by atoms with Crippen molar-refractivity contribution in [1.82, 2.24) is 15.2 Å². The van der Waals surface area contributed by atoms with Crippen LogP contribution >= 0.6 is 0 Å². The van der Waals surface area contributed by atoms with Crippen LogP contribution in [-0.4, -0.2) is 41.5 Å². The topological polar surface area (TPSA) is 45.2 Å². The number of hydrogen-bond donors (Lipinski definition) is 1. The molecule has 116 valence electrons. The molecule has 21 heavy (non-hydrogen) atoms. The van der Waals surface area contributed by atoms with Crippen LogP contribution in [0.15, 0.2) is 18.5 Å². The van der Waals surface area contributed by atoms with Gasteiger partial charge >= 0.3 is 0 Å². The first kappa shape index (κ1) is 15.9. The molecule has 5 heteroatoms. The molecule has 2 rings (SSSR count). The van der Waals surface area contributed by atoms with Gasteiger partial charge in [-0.2, -0.15) is 0 Å². The van der Waals surface area contributed by atoms with E-state index in [0.717, 1.165) is 44.8 Å². The second-order valence-electron chi connectivity index (χ2n) is 5.73. The van der Waals surface area contributed by atoms with Gasteiger partial charge in [-0.25, -0.2) is 4.39 Å². The minimum Gasteiger partial charge on any atom is -0.339 e. The molecule has 1 fully saturated rings. The number of rotatable bonds is 5. The summed E-state index contributed by atoms with van der Waals surface area (Å²) < 4.78 is 13.6. The third-order valence-electron chi connectivity index (χ3n) is 4.25. The Morgan fingerprint density at radius 3 is 2.76 bits per heavy atom. The molecule has 1 aromatic heterocycles. The molecule has 0 radical (unpaired) electrons. The lowest BCUT2D eigenvalue weighted by atomic mass is 9.90. The average molecular weight is 293 g/mol. The first-order chi connectivity index (χ1) is 10.1. The largest absolute Gasteiger partial charge is 0.339 e. The number of halogens is 1. The number of nitrogens with one attached hydrogen (secondary N) is 1. The van der Waals surface area contributed by atoms with E-state index in [0.29, 0.717) is 6.04 Å². The summed E-state index contributed by atoms with van der Waals surface area (Å²) in [6.45, 7) is 3.21. The maximum atomic E-state index is 13.6. The lowest BCUT2D eigenvalue weighted by Gasteiger charge is -2.35. The highest BCUT2D eigenvalue weighted by atomic mass is 19.1. The van der Waals surface area contributed by atoms with Crippen LogP contribution in [0.3, 0.4) is 0 Å². The van der Waals surface area contributed by atoms with Gasteiger partial charge in [0.05, 0.1) is 11.8 Å². The van der Waals surface area contributed by atoms with E-state index in [2.05, 4.69) is 17.2 Å². The third-order valence-corrected chi connectivity index (χ3v) is 4.25. The SMILES string of the molecule is CCCNC1CCC(N(C)C(=O)c2ccncc2F)CC1. The van der Waals surface area contributed by atoms with Gasteiger partial charge < -0.3 is 10.2 Å². The Bertz CT molecular complexity index is 472. The highest BCUT2D eigenvalue weighted by Gasteiger charge is 2.27. The summed E-state index contributed by atoms with van der Waals surface area (Å²) in [7, 11) is 1.77. The van der Waals surface area contributed by atoms with Crippen LogP contribution in [0.2, 0.25) is 0 Å². The number of pyridine rings is 1. The van der Waals surface area contributed by atoms with Crippen molar-refractivity contribution in [3.63, 3.8) is 0 Å². The van der Waals surface area contributed by atoms with E-state index < -0.39 is 5.82 Å². The highest BCUT2D eigenvalue weighted by molar-refractivity contribution is 5.94. The maximum Gasteiger partial charge on any atom is 0.256 e. The molecule has 1 saturated carbocycles. The minimum atomic E-state index is -0.548. The van der Waals surface area contributed by atoms with E-state index in [-0.39, 0.29) is 17.5 Å². The first-order valence-corrected chi connectivity index (χ1v) is 7.73. The lowest BCUT2D eigenvalue weighted by Crippen LogP contribution is -2.43. The van der Waals surface area contributed by atoms with E-state index in [1.165, 1.54) is 12.3 Å². The van der Waals surface area contributed by atoms with Gasteiger partial charge in [0.15, 0.2) is 5.82 Å². The maximum absolute atomic E-state index is 13.6. The normalized spacial score (nSPS) is 22.0. The zero-order chi connectivity index (χ0) is 15.2. The van der Waals surface area contributed by atoms with Crippen molar-refractivity contribution in [1.29, 1.82) is 0 Å². The van der Waals surface area contributed by atoms with Crippen molar-refractivity contribution < 1.29 is 9.18 Å². The Hall–Kier alpha value is -1.49. The molecule has 1 N–H and O–H groups in total. The minimum absolute atomic E-state index is 0.110. The Morgan fingerprint density at radius 1 is 1.43 bits per heavy atom. The number of carbonyl (C=O) groups excluding carboxylic acids is 1. The summed E-state index contributed by atoms with van der Waals surface area (Å²) in [6.07, 6.45) is 7.76. The number of nitrogens with zero attached hydrogens (tertiary/aromatic N) is 2. The summed E-state index contributed by atoms with van der Waals surface area (Å²) >= 11 is 0. The monoisotopic (exact) mass is 293 g/mol. The molecule has 0 aromatic carbocycles. The molecule has 4 nitrogen and oxygen atoms in total. The number of carbonyl (C=O) groups is 1. The molecule has 0 spiro atoms. The molecule has 1 amide bonds. The van der Waals surface area contributed by atoms with Gasteiger partial charge in [-0.1, -0.05) is 6.92 Å². The van der Waals surface area contributed by atoms with E-state index in [9.17, 15) is 9.18 Å². The zero-order valence-electron chi connectivity index (χ0n) is 12.8. The van der Waals surface area contributed by atoms with Crippen molar-refractivity contribution >= 4 is 5.91 Å². The predicted molar refractivity (Wildman–Crippen MR) is 80.6 cm³/mol. The summed E-state index contributed by atoms with van der Waals surface area (Å²) in [5.41, 5.74) is 0.110. The van der Waals surface area contributed by atoms with Crippen LogP contribution in [0.25, 0.3) is 0 Å². The van der Waals surface area contributed by atoms with Gasteiger partial charge in [0.2, 0.25) is 0 Å². The molecular formula is C16H24FN3O. The second kappa shape index (κ2) is 7.50. The van der Waals surface area contributed by atoms with Crippen molar-refractivity contribution in [2.24, 2.45) is 0 Å². The molecule has 0 aliphatic heterocycles. The Balaban J connectivity index is 1.91. The summed E-state index contributed by atoms with van der Waals surface area (Å²) in [6, 6.07) is 2.20. The standard InChI is InChI=1S/C16H24FN3O/c1-3-9-19-12-4-6-13(7-5-12)20(2)16(21)14-8-10-18-11-15(14)17/h8,10-13,19H,3-7,9H2,1-2H3. The van der Waals surface area contributed by atoms with Gasteiger partial charge in [0.25, 0.3) is 5.91 Å². The van der Waals surface area contributed by atoms with Crippen molar-refractivity contribution in [3.05, 3.63) is 29.8 Å². The molecule has 0 bridgehead atoms.